The van der Waals surface area contributed by atoms with Crippen molar-refractivity contribution in [1.29, 1.82) is 0 Å². The third kappa shape index (κ3) is 2.60. The van der Waals surface area contributed by atoms with Crippen LogP contribution in [-0.4, -0.2) is 42.9 Å². The first-order valence-corrected chi connectivity index (χ1v) is 9.49. The highest BCUT2D eigenvalue weighted by molar-refractivity contribution is 5.88. The van der Waals surface area contributed by atoms with E-state index in [1.54, 1.807) is 0 Å². The maximum absolute atomic E-state index is 12.1. The summed E-state index contributed by atoms with van der Waals surface area (Å²) in [7, 11) is 4.30. The van der Waals surface area contributed by atoms with Crippen molar-refractivity contribution in [3.63, 3.8) is 0 Å². The molecule has 2 heterocycles. The third-order valence-electron chi connectivity index (χ3n) is 6.47. The van der Waals surface area contributed by atoms with E-state index in [2.05, 4.69) is 43.0 Å². The van der Waals surface area contributed by atoms with Crippen molar-refractivity contribution in [2.24, 2.45) is 0 Å². The molecule has 2 aromatic carbocycles. The first-order chi connectivity index (χ1) is 12.8. The summed E-state index contributed by atoms with van der Waals surface area (Å²) >= 11 is 0. The van der Waals surface area contributed by atoms with Crippen LogP contribution in [-0.2, 0) is 5.41 Å². The summed E-state index contributed by atoms with van der Waals surface area (Å²) in [4.78, 5) is 18.3. The number of fused-ring (bicyclic) bond motifs is 3. The molecule has 142 valence electrons. The van der Waals surface area contributed by atoms with Gasteiger partial charge in [-0.2, -0.15) is 0 Å². The fraction of sp³-hybridized carbons (Fsp3) is 0.409. The Morgan fingerprint density at radius 2 is 1.93 bits per heavy atom. The van der Waals surface area contributed by atoms with Crippen molar-refractivity contribution in [3.05, 3.63) is 59.7 Å². The van der Waals surface area contributed by atoms with Crippen LogP contribution >= 0.6 is 0 Å². The largest absolute Gasteiger partial charge is 0.465 e. The number of amides is 1. The Labute approximate surface area is 160 Å². The molecule has 0 aliphatic carbocycles. The van der Waals surface area contributed by atoms with Gasteiger partial charge in [-0.05, 0) is 49.7 Å². The van der Waals surface area contributed by atoms with Crippen LogP contribution in [0.2, 0.25) is 0 Å². The molecular formula is C22H27N3O2. The van der Waals surface area contributed by atoms with Gasteiger partial charge in [-0.15, -0.1) is 0 Å². The van der Waals surface area contributed by atoms with Gasteiger partial charge in [-0.3, -0.25) is 9.80 Å². The van der Waals surface area contributed by atoms with E-state index in [4.69, 9.17) is 0 Å². The van der Waals surface area contributed by atoms with E-state index in [0.717, 1.165) is 24.2 Å². The average molecular weight is 365 g/mol. The van der Waals surface area contributed by atoms with E-state index in [1.165, 1.54) is 16.2 Å². The first kappa shape index (κ1) is 17.9. The number of likely N-dealkylation sites (tertiary alicyclic amines) is 1. The number of rotatable bonds is 3. The van der Waals surface area contributed by atoms with Gasteiger partial charge < -0.3 is 10.0 Å². The molecule has 4 rings (SSSR count). The highest BCUT2D eigenvalue weighted by Crippen LogP contribution is 2.52. The zero-order chi connectivity index (χ0) is 19.3. The molecule has 0 spiro atoms. The smallest absolute Gasteiger partial charge is 0.412 e. The SMILES string of the molecule is CC(c1ccccc1)N(C(=O)O)c1ccc2c(c1)C1(C)CCN(C)C1N2C. The Hall–Kier alpha value is -2.53. The zero-order valence-electron chi connectivity index (χ0n) is 16.4. The van der Waals surface area contributed by atoms with Crippen molar-refractivity contribution in [2.45, 2.75) is 37.9 Å². The van der Waals surface area contributed by atoms with Gasteiger partial charge >= 0.3 is 6.09 Å². The molecule has 2 aliphatic heterocycles. The number of anilines is 2. The number of nitrogens with zero attached hydrogens (tertiary/aromatic N) is 3. The summed E-state index contributed by atoms with van der Waals surface area (Å²) in [6.45, 7) is 5.30. The van der Waals surface area contributed by atoms with Crippen LogP contribution in [0.1, 0.15) is 37.4 Å². The lowest BCUT2D eigenvalue weighted by Crippen LogP contribution is -2.45. The quantitative estimate of drug-likeness (QED) is 0.881. The minimum atomic E-state index is -0.928. The van der Waals surface area contributed by atoms with Crippen LogP contribution in [0.3, 0.4) is 0 Å². The second kappa shape index (κ2) is 6.27. The summed E-state index contributed by atoms with van der Waals surface area (Å²) < 4.78 is 0. The lowest BCUT2D eigenvalue weighted by molar-refractivity contribution is 0.199. The summed E-state index contributed by atoms with van der Waals surface area (Å²) in [6, 6.07) is 15.7. The van der Waals surface area contributed by atoms with Gasteiger partial charge in [-0.25, -0.2) is 4.79 Å². The van der Waals surface area contributed by atoms with Crippen LogP contribution in [0.15, 0.2) is 48.5 Å². The molecule has 2 aromatic rings. The molecule has 2 aliphatic rings. The van der Waals surface area contributed by atoms with Crippen molar-refractivity contribution >= 4 is 17.5 Å². The van der Waals surface area contributed by atoms with Gasteiger partial charge in [0.05, 0.1) is 12.2 Å². The maximum atomic E-state index is 12.1. The summed E-state index contributed by atoms with van der Waals surface area (Å²) in [6.07, 6.45) is 0.478. The standard InChI is InChI=1S/C22H27N3O2/c1-15(16-8-6-5-7-9-16)25(21(26)27)17-10-11-19-18(14-17)22(2)12-13-23(3)20(22)24(19)4/h5-11,14-15,20H,12-13H2,1-4H3,(H,26,27). The molecule has 0 radical (unpaired) electrons. The lowest BCUT2D eigenvalue weighted by Gasteiger charge is -2.32. The Morgan fingerprint density at radius 3 is 2.59 bits per heavy atom. The van der Waals surface area contributed by atoms with Crippen LogP contribution in [0.4, 0.5) is 16.2 Å². The molecule has 0 bridgehead atoms. The molecule has 0 aromatic heterocycles. The van der Waals surface area contributed by atoms with Crippen molar-refractivity contribution < 1.29 is 9.90 Å². The number of carboxylic acid groups (broad SMARTS) is 1. The van der Waals surface area contributed by atoms with Gasteiger partial charge in [0, 0.05) is 30.4 Å². The molecule has 3 unspecified atom stereocenters. The summed E-state index contributed by atoms with van der Waals surface area (Å²) in [5.74, 6) is 0. The van der Waals surface area contributed by atoms with E-state index in [0.29, 0.717) is 6.17 Å². The van der Waals surface area contributed by atoms with Gasteiger partial charge in [0.1, 0.15) is 0 Å². The zero-order valence-corrected chi connectivity index (χ0v) is 16.4. The summed E-state index contributed by atoms with van der Waals surface area (Å²) in [5, 5.41) is 9.96. The minimum Gasteiger partial charge on any atom is -0.465 e. The normalized spacial score (nSPS) is 25.2. The summed E-state index contributed by atoms with van der Waals surface area (Å²) in [5.41, 5.74) is 4.21. The van der Waals surface area contributed by atoms with Gasteiger partial charge in [0.25, 0.3) is 0 Å². The van der Waals surface area contributed by atoms with E-state index in [1.807, 2.05) is 43.3 Å². The number of benzene rings is 2. The Morgan fingerprint density at radius 1 is 1.22 bits per heavy atom. The molecule has 5 nitrogen and oxygen atoms in total. The van der Waals surface area contributed by atoms with Crippen LogP contribution in [0.5, 0.6) is 0 Å². The predicted molar refractivity (Wildman–Crippen MR) is 109 cm³/mol. The highest BCUT2D eigenvalue weighted by atomic mass is 16.4. The molecule has 3 atom stereocenters. The molecule has 5 heteroatoms. The fourth-order valence-corrected chi connectivity index (χ4v) is 5.09. The van der Waals surface area contributed by atoms with Crippen molar-refractivity contribution in [2.75, 3.05) is 30.4 Å². The second-order valence-electron chi connectivity index (χ2n) is 8.07. The fourth-order valence-electron chi connectivity index (χ4n) is 5.09. The van der Waals surface area contributed by atoms with Crippen molar-refractivity contribution in [1.82, 2.24) is 4.90 Å². The Kier molecular flexibility index (Phi) is 4.15. The monoisotopic (exact) mass is 365 g/mol. The molecular weight excluding hydrogens is 338 g/mol. The second-order valence-corrected chi connectivity index (χ2v) is 8.07. The number of likely N-dealkylation sites (N-methyl/N-ethyl adjacent to an activating group) is 2. The van der Waals surface area contributed by atoms with E-state index in [-0.39, 0.29) is 11.5 Å². The van der Waals surface area contributed by atoms with E-state index >= 15 is 0 Å². The first-order valence-electron chi connectivity index (χ1n) is 9.49. The third-order valence-corrected chi connectivity index (χ3v) is 6.47. The predicted octanol–water partition coefficient (Wildman–Crippen LogP) is 4.30. The van der Waals surface area contributed by atoms with E-state index in [9.17, 15) is 9.90 Å². The van der Waals surface area contributed by atoms with Crippen LogP contribution in [0.25, 0.3) is 0 Å². The van der Waals surface area contributed by atoms with E-state index < -0.39 is 6.09 Å². The Bertz CT molecular complexity index is 869. The van der Waals surface area contributed by atoms with Gasteiger partial charge in [0.2, 0.25) is 0 Å². The number of carbonyl (C=O) groups is 1. The topological polar surface area (TPSA) is 47.0 Å². The highest BCUT2D eigenvalue weighted by Gasteiger charge is 2.52. The van der Waals surface area contributed by atoms with Gasteiger partial charge in [0.15, 0.2) is 0 Å². The number of hydrogen-bond acceptors (Lipinski definition) is 3. The molecule has 1 N–H and O–H groups in total. The van der Waals surface area contributed by atoms with Gasteiger partial charge in [-0.1, -0.05) is 37.3 Å². The molecule has 0 saturated carbocycles. The van der Waals surface area contributed by atoms with Crippen LogP contribution < -0.4 is 9.80 Å². The minimum absolute atomic E-state index is 0.0228. The average Bonchev–Trinajstić information content (AvgIpc) is 3.08. The number of hydrogen-bond donors (Lipinski definition) is 1. The van der Waals surface area contributed by atoms with Crippen LogP contribution in [0, 0.1) is 0 Å². The molecule has 1 fully saturated rings. The lowest BCUT2D eigenvalue weighted by atomic mass is 9.81. The Balaban J connectivity index is 1.77. The molecule has 27 heavy (non-hydrogen) atoms. The maximum Gasteiger partial charge on any atom is 0.412 e. The molecule has 1 amide bonds. The molecule has 1 saturated heterocycles. The van der Waals surface area contributed by atoms with Crippen molar-refractivity contribution in [3.8, 4) is 0 Å².